The van der Waals surface area contributed by atoms with Crippen LogP contribution in [0.4, 0.5) is 0 Å². The lowest BCUT2D eigenvalue weighted by atomic mass is 10.2. The molecular weight excluding hydrogens is 455 g/mol. The van der Waals surface area contributed by atoms with Gasteiger partial charge in [0.15, 0.2) is 5.82 Å². The van der Waals surface area contributed by atoms with E-state index in [4.69, 9.17) is 62.7 Å². The minimum Gasteiger partial charge on any atom is -0.460 e. The second-order valence-corrected chi connectivity index (χ2v) is 7.22. The number of nitrogens with zero attached hydrogens (tertiary/aromatic N) is 3. The second kappa shape index (κ2) is 8.25. The summed E-state index contributed by atoms with van der Waals surface area (Å²) in [6, 6.07) is 8.01. The molecule has 10 heteroatoms. The molecule has 27 heavy (non-hydrogen) atoms. The molecule has 0 fully saturated rings. The highest BCUT2D eigenvalue weighted by atomic mass is 35.5. The van der Waals surface area contributed by atoms with Crippen molar-refractivity contribution < 1.29 is 9.53 Å². The Kier molecular flexibility index (Phi) is 6.18. The highest BCUT2D eigenvalue weighted by Gasteiger charge is 2.23. The average Bonchev–Trinajstić information content (AvgIpc) is 3.05. The van der Waals surface area contributed by atoms with Crippen LogP contribution in [0.3, 0.4) is 0 Å². The molecule has 0 aliphatic carbocycles. The van der Waals surface area contributed by atoms with Crippen LogP contribution in [0.25, 0.3) is 17.1 Å². The van der Waals surface area contributed by atoms with Gasteiger partial charge in [0.05, 0.1) is 32.4 Å². The monoisotopic (exact) mass is 463 g/mol. The Balaban J connectivity index is 2.26. The fraction of sp³-hybridized carbons (Fsp3) is 0.118. The number of aromatic nitrogens is 3. The Morgan fingerprint density at radius 2 is 1.78 bits per heavy atom. The van der Waals surface area contributed by atoms with Gasteiger partial charge in [0, 0.05) is 10.6 Å². The van der Waals surface area contributed by atoms with Crippen LogP contribution < -0.4 is 0 Å². The van der Waals surface area contributed by atoms with Crippen LogP contribution in [-0.2, 0) is 4.74 Å². The number of halogens is 5. The molecule has 0 saturated heterocycles. The number of esters is 1. The van der Waals surface area contributed by atoms with Crippen LogP contribution in [0.15, 0.2) is 30.3 Å². The predicted molar refractivity (Wildman–Crippen MR) is 108 cm³/mol. The Morgan fingerprint density at radius 1 is 1.04 bits per heavy atom. The highest BCUT2D eigenvalue weighted by molar-refractivity contribution is 6.49. The van der Waals surface area contributed by atoms with Crippen LogP contribution in [0, 0.1) is 0 Å². The van der Waals surface area contributed by atoms with E-state index in [9.17, 15) is 4.79 Å². The topological polar surface area (TPSA) is 57.0 Å². The minimum absolute atomic E-state index is 0.153. The molecule has 0 saturated carbocycles. The third-order valence-electron chi connectivity index (χ3n) is 3.48. The minimum atomic E-state index is -0.682. The third kappa shape index (κ3) is 4.03. The summed E-state index contributed by atoms with van der Waals surface area (Å²) in [5.74, 6) is -0.593. The molecule has 0 aliphatic rings. The number of rotatable bonds is 4. The lowest BCUT2D eigenvalue weighted by Crippen LogP contribution is -2.08. The van der Waals surface area contributed by atoms with Gasteiger partial charge in [-0.15, -0.1) is 5.10 Å². The van der Waals surface area contributed by atoms with Crippen LogP contribution in [0.2, 0.25) is 25.1 Å². The quantitative estimate of drug-likeness (QED) is 0.331. The standard InChI is InChI=1S/C17H10Cl5N3O2/c1-2-27-17(26)15-23-16(9-4-5-10(19)14(22)13(9)21)25(24-15)12-6-3-8(18)7-11(12)20/h3-7H,2H2,1H3. The number of carbonyl (C=O) groups excluding carboxylic acids is 1. The molecule has 3 rings (SSSR count). The Bertz CT molecular complexity index is 1040. The van der Waals surface area contributed by atoms with E-state index in [1.807, 2.05) is 0 Å². The first-order chi connectivity index (χ1) is 12.8. The van der Waals surface area contributed by atoms with Gasteiger partial charge < -0.3 is 4.74 Å². The summed E-state index contributed by atoms with van der Waals surface area (Å²) in [5.41, 5.74) is 0.862. The third-order valence-corrected chi connectivity index (χ3v) is 5.31. The predicted octanol–water partition coefficient (Wildman–Crippen LogP) is 6.38. The van der Waals surface area contributed by atoms with Crippen molar-refractivity contribution in [3.8, 4) is 17.1 Å². The van der Waals surface area contributed by atoms with E-state index in [-0.39, 0.29) is 33.3 Å². The van der Waals surface area contributed by atoms with Gasteiger partial charge >= 0.3 is 5.97 Å². The van der Waals surface area contributed by atoms with Gasteiger partial charge in [0.25, 0.3) is 5.82 Å². The van der Waals surface area contributed by atoms with Gasteiger partial charge in [0.2, 0.25) is 0 Å². The Morgan fingerprint density at radius 3 is 2.44 bits per heavy atom. The zero-order valence-corrected chi connectivity index (χ0v) is 17.4. The molecule has 0 bridgehead atoms. The van der Waals surface area contributed by atoms with Crippen molar-refractivity contribution in [1.29, 1.82) is 0 Å². The molecule has 0 N–H and O–H groups in total. The molecule has 1 aromatic heterocycles. The maximum atomic E-state index is 12.1. The van der Waals surface area contributed by atoms with Crippen molar-refractivity contribution in [3.05, 3.63) is 61.3 Å². The van der Waals surface area contributed by atoms with Crippen molar-refractivity contribution >= 4 is 64.0 Å². The Hall–Kier alpha value is -1.50. The molecule has 0 amide bonds. The molecule has 0 radical (unpaired) electrons. The van der Waals surface area contributed by atoms with Crippen molar-refractivity contribution in [2.75, 3.05) is 6.61 Å². The zero-order valence-electron chi connectivity index (χ0n) is 13.6. The molecule has 0 spiro atoms. The van der Waals surface area contributed by atoms with E-state index in [1.54, 1.807) is 37.3 Å². The SMILES string of the molecule is CCOC(=O)c1nc(-c2ccc(Cl)c(Cl)c2Cl)n(-c2ccc(Cl)cc2Cl)n1. The molecule has 0 unspecified atom stereocenters. The maximum absolute atomic E-state index is 12.1. The zero-order chi connectivity index (χ0) is 19.7. The van der Waals surface area contributed by atoms with Crippen molar-refractivity contribution in [2.45, 2.75) is 6.92 Å². The fourth-order valence-corrected chi connectivity index (χ4v) is 3.40. The molecule has 1 heterocycles. The summed E-state index contributed by atoms with van der Waals surface area (Å²) in [5, 5.41) is 5.59. The van der Waals surface area contributed by atoms with Crippen LogP contribution in [-0.4, -0.2) is 27.3 Å². The lowest BCUT2D eigenvalue weighted by Gasteiger charge is -2.10. The summed E-state index contributed by atoms with van der Waals surface area (Å²) in [4.78, 5) is 16.4. The van der Waals surface area contributed by atoms with Crippen molar-refractivity contribution in [2.24, 2.45) is 0 Å². The van der Waals surface area contributed by atoms with Crippen molar-refractivity contribution in [1.82, 2.24) is 14.8 Å². The smallest absolute Gasteiger partial charge is 0.378 e. The summed E-state index contributed by atoms with van der Waals surface area (Å²) >= 11 is 30.8. The molecule has 3 aromatic rings. The van der Waals surface area contributed by atoms with E-state index in [1.165, 1.54) is 4.68 Å². The highest BCUT2D eigenvalue weighted by Crippen LogP contribution is 2.38. The van der Waals surface area contributed by atoms with E-state index >= 15 is 0 Å². The van der Waals surface area contributed by atoms with Crippen molar-refractivity contribution in [3.63, 3.8) is 0 Å². The van der Waals surface area contributed by atoms with Gasteiger partial charge in [-0.25, -0.2) is 14.5 Å². The van der Waals surface area contributed by atoms with Gasteiger partial charge in [-0.05, 0) is 37.3 Å². The molecular formula is C17H10Cl5N3O2. The largest absolute Gasteiger partial charge is 0.460 e. The first-order valence-electron chi connectivity index (χ1n) is 7.57. The van der Waals surface area contributed by atoms with Crippen LogP contribution >= 0.6 is 58.0 Å². The fourth-order valence-electron chi connectivity index (χ4n) is 2.29. The first kappa shape index (κ1) is 20.2. The summed E-state index contributed by atoms with van der Waals surface area (Å²) in [6.07, 6.45) is 0. The van der Waals surface area contributed by atoms with Crippen LogP contribution in [0.1, 0.15) is 17.5 Å². The summed E-state index contributed by atoms with van der Waals surface area (Å²) in [6.45, 7) is 1.86. The maximum Gasteiger partial charge on any atom is 0.378 e. The first-order valence-corrected chi connectivity index (χ1v) is 9.46. The molecule has 0 aliphatic heterocycles. The number of hydrogen-bond acceptors (Lipinski definition) is 4. The van der Waals surface area contributed by atoms with Gasteiger partial charge in [-0.2, -0.15) is 0 Å². The molecule has 2 aromatic carbocycles. The van der Waals surface area contributed by atoms with E-state index in [0.717, 1.165) is 0 Å². The van der Waals surface area contributed by atoms with Gasteiger partial charge in [-0.1, -0.05) is 58.0 Å². The average molecular weight is 466 g/mol. The van der Waals surface area contributed by atoms with E-state index in [0.29, 0.717) is 21.3 Å². The molecule has 0 atom stereocenters. The number of carbonyl (C=O) groups is 1. The number of ether oxygens (including phenoxy) is 1. The van der Waals surface area contributed by atoms with Gasteiger partial charge in [-0.3, -0.25) is 0 Å². The van der Waals surface area contributed by atoms with Crippen LogP contribution in [0.5, 0.6) is 0 Å². The second-order valence-electron chi connectivity index (χ2n) is 5.21. The summed E-state index contributed by atoms with van der Waals surface area (Å²) < 4.78 is 6.35. The summed E-state index contributed by atoms with van der Waals surface area (Å²) in [7, 11) is 0. The van der Waals surface area contributed by atoms with Gasteiger partial charge in [0.1, 0.15) is 0 Å². The normalized spacial score (nSPS) is 10.9. The number of hydrogen-bond donors (Lipinski definition) is 0. The molecule has 5 nitrogen and oxygen atoms in total. The molecule has 140 valence electrons. The number of benzene rings is 2. The lowest BCUT2D eigenvalue weighted by molar-refractivity contribution is 0.0512. The Labute approximate surface area is 179 Å². The van der Waals surface area contributed by atoms with E-state index in [2.05, 4.69) is 10.1 Å². The van der Waals surface area contributed by atoms with E-state index < -0.39 is 5.97 Å².